The number of methoxy groups -OCH3 is 2. The Balaban J connectivity index is 3.11. The van der Waals surface area contributed by atoms with Gasteiger partial charge in [-0.3, -0.25) is 5.32 Å². The topological polar surface area (TPSA) is 47.6 Å². The maximum atomic E-state index is 13.1. The summed E-state index contributed by atoms with van der Waals surface area (Å²) in [4.78, 5) is 12.0. The van der Waals surface area contributed by atoms with E-state index in [1.54, 1.807) is 14.0 Å². The Morgan fingerprint density at radius 1 is 1.47 bits per heavy atom. The number of nitrogens with one attached hydrogen (secondary N) is 1. The van der Waals surface area contributed by atoms with Crippen LogP contribution in [0.5, 0.6) is 0 Å². The minimum atomic E-state index is -1.15. The smallest absolute Gasteiger partial charge is 0.330 e. The maximum Gasteiger partial charge on any atom is 0.330 e. The van der Waals surface area contributed by atoms with Gasteiger partial charge in [0, 0.05) is 24.2 Å². The summed E-state index contributed by atoms with van der Waals surface area (Å²) in [6.45, 7) is 2.48. The second kappa shape index (κ2) is 6.84. The number of rotatable bonds is 6. The molecule has 1 N–H and O–H groups in total. The third-order valence-electron chi connectivity index (χ3n) is 2.85. The largest absolute Gasteiger partial charge is 0.467 e. The quantitative estimate of drug-likeness (QED) is 0.644. The van der Waals surface area contributed by atoms with E-state index in [0.717, 1.165) is 6.07 Å². The monoisotopic (exact) mass is 289 g/mol. The lowest BCUT2D eigenvalue weighted by atomic mass is 9.91. The summed E-state index contributed by atoms with van der Waals surface area (Å²) in [7, 11) is 2.85. The molecule has 6 heteroatoms. The van der Waals surface area contributed by atoms with Crippen LogP contribution in [0.1, 0.15) is 12.5 Å². The van der Waals surface area contributed by atoms with Crippen molar-refractivity contribution in [2.24, 2.45) is 0 Å². The van der Waals surface area contributed by atoms with Crippen molar-refractivity contribution in [1.29, 1.82) is 0 Å². The van der Waals surface area contributed by atoms with Crippen LogP contribution in [0, 0.1) is 5.82 Å². The van der Waals surface area contributed by atoms with E-state index in [4.69, 9.17) is 21.1 Å². The molecule has 1 aromatic rings. The molecule has 0 heterocycles. The molecule has 1 atom stereocenters. The van der Waals surface area contributed by atoms with Gasteiger partial charge in [0.1, 0.15) is 11.4 Å². The van der Waals surface area contributed by atoms with Crippen LogP contribution in [0.3, 0.4) is 0 Å². The van der Waals surface area contributed by atoms with Gasteiger partial charge < -0.3 is 9.47 Å². The molecule has 0 aliphatic rings. The van der Waals surface area contributed by atoms with Gasteiger partial charge in [-0.15, -0.1) is 0 Å². The second-order valence-corrected chi connectivity index (χ2v) is 4.57. The summed E-state index contributed by atoms with van der Waals surface area (Å²) >= 11 is 6.01. The number of hydrogen-bond donors (Lipinski definition) is 1. The number of carbonyl (C=O) groups is 1. The van der Waals surface area contributed by atoms with Crippen molar-refractivity contribution in [1.82, 2.24) is 5.32 Å². The van der Waals surface area contributed by atoms with Crippen molar-refractivity contribution < 1.29 is 18.7 Å². The van der Waals surface area contributed by atoms with Gasteiger partial charge in [0.25, 0.3) is 0 Å². The summed E-state index contributed by atoms with van der Waals surface area (Å²) in [5.41, 5.74) is -0.698. The van der Waals surface area contributed by atoms with E-state index in [9.17, 15) is 9.18 Å². The Morgan fingerprint density at radius 2 is 2.16 bits per heavy atom. The molecule has 1 aromatic carbocycles. The number of carbonyl (C=O) groups excluding carboxylic acids is 1. The maximum absolute atomic E-state index is 13.1. The van der Waals surface area contributed by atoms with Crippen LogP contribution in [0.4, 0.5) is 4.39 Å². The lowest BCUT2D eigenvalue weighted by Gasteiger charge is -2.29. The summed E-state index contributed by atoms with van der Waals surface area (Å²) in [5.74, 6) is -0.963. The van der Waals surface area contributed by atoms with Gasteiger partial charge in [0.05, 0.1) is 13.7 Å². The van der Waals surface area contributed by atoms with Crippen molar-refractivity contribution >= 4 is 17.6 Å². The zero-order valence-corrected chi connectivity index (χ0v) is 11.9. The molecule has 0 saturated heterocycles. The molecule has 0 radical (unpaired) electrons. The first-order valence-corrected chi connectivity index (χ1v) is 6.11. The number of hydrogen-bond acceptors (Lipinski definition) is 4. The Bertz CT molecular complexity index is 456. The lowest BCUT2D eigenvalue weighted by Crippen LogP contribution is -2.48. The molecule has 0 aromatic heterocycles. The van der Waals surface area contributed by atoms with Gasteiger partial charge in [-0.2, -0.15) is 0 Å². The first-order chi connectivity index (χ1) is 8.95. The number of benzene rings is 1. The highest BCUT2D eigenvalue weighted by Crippen LogP contribution is 2.29. The second-order valence-electron chi connectivity index (χ2n) is 4.16. The van der Waals surface area contributed by atoms with Crippen molar-refractivity contribution in [3.63, 3.8) is 0 Å². The first-order valence-electron chi connectivity index (χ1n) is 5.73. The minimum absolute atomic E-state index is 0.165. The van der Waals surface area contributed by atoms with E-state index in [1.165, 1.54) is 19.2 Å². The summed E-state index contributed by atoms with van der Waals surface area (Å²) < 4.78 is 22.8. The summed E-state index contributed by atoms with van der Waals surface area (Å²) in [6.07, 6.45) is 0. The fourth-order valence-corrected chi connectivity index (χ4v) is 2.14. The van der Waals surface area contributed by atoms with Crippen molar-refractivity contribution in [2.75, 3.05) is 27.4 Å². The number of esters is 1. The van der Waals surface area contributed by atoms with Gasteiger partial charge >= 0.3 is 5.97 Å². The Morgan fingerprint density at radius 3 is 2.68 bits per heavy atom. The zero-order chi connectivity index (χ0) is 14.5. The summed E-state index contributed by atoms with van der Waals surface area (Å²) in [6, 6.07) is 3.88. The van der Waals surface area contributed by atoms with E-state index >= 15 is 0 Å². The normalized spacial score (nSPS) is 13.9. The molecule has 0 saturated carbocycles. The van der Waals surface area contributed by atoms with Crippen molar-refractivity contribution in [3.05, 3.63) is 34.6 Å². The van der Waals surface area contributed by atoms with Gasteiger partial charge in [-0.25, -0.2) is 9.18 Å². The molecule has 0 aliphatic heterocycles. The fraction of sp³-hybridized carbons (Fsp3) is 0.462. The SMILES string of the molecule is COCCNC(C)(C(=O)OC)c1ccc(F)cc1Cl. The van der Waals surface area contributed by atoms with Crippen LogP contribution < -0.4 is 5.32 Å². The molecular weight excluding hydrogens is 273 g/mol. The van der Waals surface area contributed by atoms with Crippen LogP contribution >= 0.6 is 11.6 Å². The number of ether oxygens (including phenoxy) is 2. The van der Waals surface area contributed by atoms with Crippen LogP contribution in [0.2, 0.25) is 5.02 Å². The Hall–Kier alpha value is -1.17. The van der Waals surface area contributed by atoms with Crippen LogP contribution in [-0.4, -0.2) is 33.3 Å². The van der Waals surface area contributed by atoms with Gasteiger partial charge in [0.15, 0.2) is 0 Å². The van der Waals surface area contributed by atoms with Gasteiger partial charge in [-0.05, 0) is 19.1 Å². The molecular formula is C13H17ClFNO3. The zero-order valence-electron chi connectivity index (χ0n) is 11.1. The molecule has 4 nitrogen and oxygen atoms in total. The van der Waals surface area contributed by atoms with Crippen molar-refractivity contribution in [3.8, 4) is 0 Å². The van der Waals surface area contributed by atoms with Crippen LogP contribution in [-0.2, 0) is 19.8 Å². The van der Waals surface area contributed by atoms with E-state index in [1.807, 2.05) is 0 Å². The highest BCUT2D eigenvalue weighted by atomic mass is 35.5. The molecule has 0 amide bonds. The molecule has 0 aliphatic carbocycles. The third kappa shape index (κ3) is 3.65. The standard InChI is InChI=1S/C13H17ClFNO3/c1-13(12(17)19-3,16-6-7-18-2)10-5-4-9(15)8-11(10)14/h4-5,8,16H,6-7H2,1-3H3. The molecule has 0 bridgehead atoms. The highest BCUT2D eigenvalue weighted by molar-refractivity contribution is 6.31. The minimum Gasteiger partial charge on any atom is -0.467 e. The highest BCUT2D eigenvalue weighted by Gasteiger charge is 2.37. The predicted octanol–water partition coefficient (Wildman–Crippen LogP) is 2.10. The average Bonchev–Trinajstić information content (AvgIpc) is 2.37. The van der Waals surface area contributed by atoms with E-state index < -0.39 is 17.3 Å². The molecule has 0 fully saturated rings. The average molecular weight is 290 g/mol. The fourth-order valence-electron chi connectivity index (χ4n) is 1.78. The van der Waals surface area contributed by atoms with E-state index in [-0.39, 0.29) is 5.02 Å². The molecule has 0 spiro atoms. The van der Waals surface area contributed by atoms with Crippen LogP contribution in [0.15, 0.2) is 18.2 Å². The van der Waals surface area contributed by atoms with Crippen molar-refractivity contribution in [2.45, 2.75) is 12.5 Å². The molecule has 106 valence electrons. The molecule has 19 heavy (non-hydrogen) atoms. The number of halogens is 2. The van der Waals surface area contributed by atoms with E-state index in [2.05, 4.69) is 5.32 Å². The molecule has 1 unspecified atom stereocenters. The predicted molar refractivity (Wildman–Crippen MR) is 70.7 cm³/mol. The Kier molecular flexibility index (Phi) is 5.72. The lowest BCUT2D eigenvalue weighted by molar-refractivity contribution is -0.148. The van der Waals surface area contributed by atoms with E-state index in [0.29, 0.717) is 18.7 Å². The summed E-state index contributed by atoms with van der Waals surface area (Å²) in [5, 5.41) is 3.18. The van der Waals surface area contributed by atoms with Gasteiger partial charge in [-0.1, -0.05) is 17.7 Å². The van der Waals surface area contributed by atoms with Crippen LogP contribution in [0.25, 0.3) is 0 Å². The van der Waals surface area contributed by atoms with Gasteiger partial charge in [0.2, 0.25) is 0 Å². The third-order valence-corrected chi connectivity index (χ3v) is 3.16. The first kappa shape index (κ1) is 15.9. The molecule has 1 rings (SSSR count). The Labute approximate surface area is 116 Å².